The predicted octanol–water partition coefficient (Wildman–Crippen LogP) is 2.44. The Morgan fingerprint density at radius 2 is 2.46 bits per heavy atom. The van der Waals surface area contributed by atoms with E-state index in [4.69, 9.17) is 4.74 Å². The summed E-state index contributed by atoms with van der Waals surface area (Å²) in [7, 11) is 1.97. The van der Waals surface area contributed by atoms with Gasteiger partial charge in [0, 0.05) is 11.5 Å². The molecule has 1 heterocycles. The number of hydrogen-bond donors (Lipinski definition) is 1. The average Bonchev–Trinajstić information content (AvgIpc) is 2.65. The summed E-state index contributed by atoms with van der Waals surface area (Å²) in [6, 6.07) is 4.57. The molecule has 0 radical (unpaired) electrons. The molecule has 0 aliphatic heterocycles. The van der Waals surface area contributed by atoms with Crippen LogP contribution >= 0.6 is 11.3 Å². The predicted molar refractivity (Wildman–Crippen MR) is 57.2 cm³/mol. The highest BCUT2D eigenvalue weighted by atomic mass is 32.1. The summed E-state index contributed by atoms with van der Waals surface area (Å²) >= 11 is 1.77. The van der Waals surface area contributed by atoms with Gasteiger partial charge in [-0.2, -0.15) is 0 Å². The van der Waals surface area contributed by atoms with Crippen LogP contribution in [-0.2, 0) is 4.74 Å². The Hall–Kier alpha value is -0.380. The van der Waals surface area contributed by atoms with Crippen LogP contribution in [0.25, 0.3) is 0 Å². The first-order valence-electron chi connectivity index (χ1n) is 4.67. The largest absolute Gasteiger partial charge is 0.379 e. The molecule has 2 nitrogen and oxygen atoms in total. The van der Waals surface area contributed by atoms with Gasteiger partial charge in [0.25, 0.3) is 0 Å². The number of ether oxygens (including phenoxy) is 1. The van der Waals surface area contributed by atoms with Crippen LogP contribution in [0, 0.1) is 0 Å². The molecule has 1 rings (SSSR count). The van der Waals surface area contributed by atoms with E-state index in [-0.39, 0.29) is 0 Å². The summed E-state index contributed by atoms with van der Waals surface area (Å²) in [5.41, 5.74) is 0. The van der Waals surface area contributed by atoms with Gasteiger partial charge in [-0.3, -0.25) is 0 Å². The van der Waals surface area contributed by atoms with E-state index in [1.165, 1.54) is 4.88 Å². The molecule has 1 aromatic heterocycles. The van der Waals surface area contributed by atoms with E-state index in [1.807, 2.05) is 7.05 Å². The van der Waals surface area contributed by atoms with Crippen LogP contribution in [0.3, 0.4) is 0 Å². The fourth-order valence-corrected chi connectivity index (χ4v) is 1.96. The van der Waals surface area contributed by atoms with Crippen molar-refractivity contribution in [3.8, 4) is 0 Å². The second-order valence-electron chi connectivity index (χ2n) is 2.93. The molecule has 0 saturated carbocycles. The molecule has 1 aromatic rings. The number of thiophene rings is 1. The van der Waals surface area contributed by atoms with E-state index < -0.39 is 0 Å². The van der Waals surface area contributed by atoms with E-state index in [1.54, 1.807) is 11.3 Å². The van der Waals surface area contributed by atoms with E-state index in [0.29, 0.717) is 6.04 Å². The van der Waals surface area contributed by atoms with Crippen molar-refractivity contribution in [2.75, 3.05) is 20.3 Å². The van der Waals surface area contributed by atoms with Gasteiger partial charge >= 0.3 is 0 Å². The molecule has 0 aliphatic rings. The van der Waals surface area contributed by atoms with Crippen LogP contribution in [0.5, 0.6) is 0 Å². The van der Waals surface area contributed by atoms with Crippen molar-refractivity contribution in [2.45, 2.75) is 19.4 Å². The quantitative estimate of drug-likeness (QED) is 0.710. The molecule has 0 aliphatic carbocycles. The Bertz CT molecular complexity index is 211. The third-order valence-electron chi connectivity index (χ3n) is 1.87. The van der Waals surface area contributed by atoms with Crippen molar-refractivity contribution < 1.29 is 4.74 Å². The van der Waals surface area contributed by atoms with E-state index in [9.17, 15) is 0 Å². The monoisotopic (exact) mass is 199 g/mol. The van der Waals surface area contributed by atoms with Gasteiger partial charge in [-0.15, -0.1) is 11.3 Å². The fraction of sp³-hybridized carbons (Fsp3) is 0.600. The van der Waals surface area contributed by atoms with Gasteiger partial charge in [-0.25, -0.2) is 0 Å². The van der Waals surface area contributed by atoms with Gasteiger partial charge < -0.3 is 10.1 Å². The van der Waals surface area contributed by atoms with Crippen molar-refractivity contribution in [3.05, 3.63) is 22.4 Å². The summed E-state index contributed by atoms with van der Waals surface area (Å²) in [5, 5.41) is 5.35. The lowest BCUT2D eigenvalue weighted by atomic mass is 10.2. The molecule has 3 heteroatoms. The third kappa shape index (κ3) is 3.46. The Morgan fingerprint density at radius 3 is 3.00 bits per heavy atom. The lowest BCUT2D eigenvalue weighted by Gasteiger charge is -2.14. The summed E-state index contributed by atoms with van der Waals surface area (Å²) < 4.78 is 5.50. The first kappa shape index (κ1) is 10.7. The first-order valence-corrected chi connectivity index (χ1v) is 5.54. The molecule has 0 spiro atoms. The third-order valence-corrected chi connectivity index (χ3v) is 2.85. The molecule has 1 atom stereocenters. The maximum atomic E-state index is 5.50. The molecule has 0 fully saturated rings. The topological polar surface area (TPSA) is 21.3 Å². The van der Waals surface area contributed by atoms with Crippen LogP contribution in [-0.4, -0.2) is 20.3 Å². The van der Waals surface area contributed by atoms with Crippen LogP contribution in [0.4, 0.5) is 0 Å². The average molecular weight is 199 g/mol. The van der Waals surface area contributed by atoms with Crippen molar-refractivity contribution in [3.63, 3.8) is 0 Å². The van der Waals surface area contributed by atoms with Gasteiger partial charge in [0.15, 0.2) is 0 Å². The van der Waals surface area contributed by atoms with Crippen molar-refractivity contribution in [1.82, 2.24) is 5.32 Å². The summed E-state index contributed by atoms with van der Waals surface area (Å²) in [6.45, 7) is 3.74. The van der Waals surface area contributed by atoms with E-state index in [0.717, 1.165) is 19.6 Å². The minimum absolute atomic E-state index is 0.353. The molecule has 0 saturated heterocycles. The molecular weight excluding hydrogens is 182 g/mol. The number of rotatable bonds is 6. The highest BCUT2D eigenvalue weighted by molar-refractivity contribution is 7.10. The molecule has 13 heavy (non-hydrogen) atoms. The number of likely N-dealkylation sites (N-methyl/N-ethyl adjacent to an activating group) is 1. The molecule has 1 N–H and O–H groups in total. The van der Waals surface area contributed by atoms with Crippen LogP contribution in [0.15, 0.2) is 17.5 Å². The van der Waals surface area contributed by atoms with Gasteiger partial charge in [0.2, 0.25) is 0 Å². The van der Waals surface area contributed by atoms with Crippen molar-refractivity contribution in [1.29, 1.82) is 0 Å². The molecule has 0 bridgehead atoms. The zero-order valence-corrected chi connectivity index (χ0v) is 9.06. The summed E-state index contributed by atoms with van der Waals surface area (Å²) in [6.07, 6.45) is 1.08. The Labute approximate surface area is 83.9 Å². The maximum absolute atomic E-state index is 5.50. The number of hydrogen-bond acceptors (Lipinski definition) is 3. The van der Waals surface area contributed by atoms with Gasteiger partial charge in [0.05, 0.1) is 12.6 Å². The van der Waals surface area contributed by atoms with E-state index in [2.05, 4.69) is 29.8 Å². The van der Waals surface area contributed by atoms with Gasteiger partial charge in [0.1, 0.15) is 0 Å². The smallest absolute Gasteiger partial charge is 0.0669 e. The van der Waals surface area contributed by atoms with Crippen molar-refractivity contribution in [2.24, 2.45) is 0 Å². The molecular formula is C10H17NOS. The lowest BCUT2D eigenvalue weighted by Crippen LogP contribution is -2.20. The SMILES string of the molecule is CCCOCC(NC)c1cccs1. The van der Waals surface area contributed by atoms with Gasteiger partial charge in [-0.05, 0) is 24.9 Å². The molecule has 1 unspecified atom stereocenters. The Kier molecular flexibility index (Phi) is 5.05. The molecule has 0 amide bonds. The Morgan fingerprint density at radius 1 is 1.62 bits per heavy atom. The minimum atomic E-state index is 0.353. The minimum Gasteiger partial charge on any atom is -0.379 e. The van der Waals surface area contributed by atoms with E-state index >= 15 is 0 Å². The second kappa shape index (κ2) is 6.13. The maximum Gasteiger partial charge on any atom is 0.0669 e. The summed E-state index contributed by atoms with van der Waals surface area (Å²) in [4.78, 5) is 1.35. The van der Waals surface area contributed by atoms with Crippen molar-refractivity contribution >= 4 is 11.3 Å². The van der Waals surface area contributed by atoms with Crippen LogP contribution in [0.2, 0.25) is 0 Å². The normalized spacial score (nSPS) is 13.1. The van der Waals surface area contributed by atoms with Crippen LogP contribution in [0.1, 0.15) is 24.3 Å². The zero-order valence-electron chi connectivity index (χ0n) is 8.25. The standard InChI is InChI=1S/C10H17NOS/c1-3-6-12-8-9(11-2)10-5-4-7-13-10/h4-5,7,9,11H,3,6,8H2,1-2H3. The molecule has 74 valence electrons. The molecule has 0 aromatic carbocycles. The fourth-order valence-electron chi connectivity index (χ4n) is 1.14. The lowest BCUT2D eigenvalue weighted by molar-refractivity contribution is 0.115. The number of nitrogens with one attached hydrogen (secondary N) is 1. The highest BCUT2D eigenvalue weighted by Gasteiger charge is 2.09. The van der Waals surface area contributed by atoms with Crippen LogP contribution < -0.4 is 5.32 Å². The van der Waals surface area contributed by atoms with Gasteiger partial charge in [-0.1, -0.05) is 13.0 Å². The second-order valence-corrected chi connectivity index (χ2v) is 3.91. The summed E-state index contributed by atoms with van der Waals surface area (Å²) in [5.74, 6) is 0. The first-order chi connectivity index (χ1) is 6.38. The zero-order chi connectivity index (χ0) is 9.52. The highest BCUT2D eigenvalue weighted by Crippen LogP contribution is 2.18. The Balaban J connectivity index is 2.35.